The number of benzene rings is 1. The molecule has 0 unspecified atom stereocenters. The SMILES string of the molecule is CS[C@@H]1C(C(=O)c2ccc(F)cc2)=C(CC(=O)O)C(=O)N1CC(C)C. The van der Waals surface area contributed by atoms with E-state index in [2.05, 4.69) is 0 Å². The summed E-state index contributed by atoms with van der Waals surface area (Å²) in [5.74, 6) is -2.32. The van der Waals surface area contributed by atoms with Crippen LogP contribution in [0.2, 0.25) is 0 Å². The summed E-state index contributed by atoms with van der Waals surface area (Å²) in [6, 6.07) is 5.02. The molecule has 0 aromatic heterocycles. The molecule has 1 N–H and O–H groups in total. The Morgan fingerprint density at radius 1 is 1.28 bits per heavy atom. The van der Waals surface area contributed by atoms with Gasteiger partial charge in [0.15, 0.2) is 5.78 Å². The second-order valence-corrected chi connectivity index (χ2v) is 7.16. The van der Waals surface area contributed by atoms with Crippen LogP contribution in [-0.4, -0.2) is 45.8 Å². The van der Waals surface area contributed by atoms with Gasteiger partial charge in [-0.15, -0.1) is 11.8 Å². The lowest BCUT2D eigenvalue weighted by Crippen LogP contribution is -2.37. The van der Waals surface area contributed by atoms with Crippen molar-refractivity contribution in [3.63, 3.8) is 0 Å². The number of ketones is 1. The number of carbonyl (C=O) groups is 3. The fraction of sp³-hybridized carbons (Fsp3) is 0.389. The van der Waals surface area contributed by atoms with Gasteiger partial charge in [-0.2, -0.15) is 0 Å². The van der Waals surface area contributed by atoms with Gasteiger partial charge in [0.2, 0.25) is 0 Å². The third kappa shape index (κ3) is 4.10. The number of rotatable bonds is 7. The van der Waals surface area contributed by atoms with Gasteiger partial charge in [-0.05, 0) is 36.4 Å². The molecule has 2 rings (SSSR count). The van der Waals surface area contributed by atoms with Crippen molar-refractivity contribution in [2.45, 2.75) is 25.6 Å². The van der Waals surface area contributed by atoms with Gasteiger partial charge >= 0.3 is 5.97 Å². The monoisotopic (exact) mass is 365 g/mol. The Hall–Kier alpha value is -2.15. The lowest BCUT2D eigenvalue weighted by Gasteiger charge is -2.27. The molecule has 0 radical (unpaired) electrons. The summed E-state index contributed by atoms with van der Waals surface area (Å²) in [5, 5.41) is 8.61. The lowest BCUT2D eigenvalue weighted by atomic mass is 9.98. The highest BCUT2D eigenvalue weighted by Crippen LogP contribution is 2.36. The Morgan fingerprint density at radius 3 is 2.36 bits per heavy atom. The first-order valence-electron chi connectivity index (χ1n) is 7.85. The second-order valence-electron chi connectivity index (χ2n) is 6.24. The van der Waals surface area contributed by atoms with E-state index in [0.29, 0.717) is 6.54 Å². The highest BCUT2D eigenvalue weighted by atomic mass is 32.2. The standard InChI is InChI=1S/C18H20FNO4S/c1-10(2)9-20-17(24)13(8-14(21)22)15(18(20)25-3)16(23)11-4-6-12(19)7-5-11/h4-7,10,18H,8-9H2,1-3H3,(H,21,22)/t18-/m1/s1. The number of nitrogens with zero attached hydrogens (tertiary/aromatic N) is 1. The summed E-state index contributed by atoms with van der Waals surface area (Å²) in [6.45, 7) is 4.32. The van der Waals surface area contributed by atoms with Gasteiger partial charge in [0.1, 0.15) is 11.2 Å². The van der Waals surface area contributed by atoms with Crippen molar-refractivity contribution in [2.75, 3.05) is 12.8 Å². The van der Waals surface area contributed by atoms with Crippen LogP contribution in [0.15, 0.2) is 35.4 Å². The molecule has 1 heterocycles. The molecule has 1 aromatic rings. The number of carboxylic acid groups (broad SMARTS) is 1. The summed E-state index contributed by atoms with van der Waals surface area (Å²) in [6.07, 6.45) is 1.26. The summed E-state index contributed by atoms with van der Waals surface area (Å²) in [5.41, 5.74) is 0.437. The van der Waals surface area contributed by atoms with Gasteiger partial charge in [-0.25, -0.2) is 4.39 Å². The van der Waals surface area contributed by atoms with Crippen molar-refractivity contribution >= 4 is 29.4 Å². The van der Waals surface area contributed by atoms with Crippen molar-refractivity contribution in [3.8, 4) is 0 Å². The van der Waals surface area contributed by atoms with E-state index >= 15 is 0 Å². The maximum atomic E-state index is 13.1. The zero-order valence-electron chi connectivity index (χ0n) is 14.3. The first kappa shape index (κ1) is 19.2. The molecule has 134 valence electrons. The van der Waals surface area contributed by atoms with E-state index in [1.807, 2.05) is 13.8 Å². The molecule has 0 spiro atoms. The van der Waals surface area contributed by atoms with Crippen molar-refractivity contribution in [1.82, 2.24) is 4.90 Å². The predicted octanol–water partition coefficient (Wildman–Crippen LogP) is 2.97. The molecule has 0 saturated heterocycles. The predicted molar refractivity (Wildman–Crippen MR) is 93.9 cm³/mol. The topological polar surface area (TPSA) is 74.7 Å². The van der Waals surface area contributed by atoms with Gasteiger partial charge in [0.05, 0.1) is 6.42 Å². The highest BCUT2D eigenvalue weighted by Gasteiger charge is 2.42. The quantitative estimate of drug-likeness (QED) is 0.752. The third-order valence-corrected chi connectivity index (χ3v) is 4.78. The minimum Gasteiger partial charge on any atom is -0.481 e. The number of carboxylic acids is 1. The normalized spacial score (nSPS) is 17.6. The van der Waals surface area contributed by atoms with Crippen LogP contribution in [0.25, 0.3) is 0 Å². The zero-order chi connectivity index (χ0) is 18.7. The fourth-order valence-electron chi connectivity index (χ4n) is 2.85. The lowest BCUT2D eigenvalue weighted by molar-refractivity contribution is -0.137. The van der Waals surface area contributed by atoms with E-state index in [-0.39, 0.29) is 22.6 Å². The van der Waals surface area contributed by atoms with Crippen LogP contribution >= 0.6 is 11.8 Å². The average Bonchev–Trinajstić information content (AvgIpc) is 2.79. The first-order chi connectivity index (χ1) is 11.8. The number of Topliss-reactive ketones (excluding diaryl/α,β-unsaturated/α-hetero) is 1. The summed E-state index contributed by atoms with van der Waals surface area (Å²) in [7, 11) is 0. The zero-order valence-corrected chi connectivity index (χ0v) is 15.1. The van der Waals surface area contributed by atoms with E-state index in [0.717, 1.165) is 0 Å². The van der Waals surface area contributed by atoms with E-state index < -0.39 is 35.3 Å². The number of hydrogen-bond acceptors (Lipinski definition) is 4. The molecule has 1 amide bonds. The van der Waals surface area contributed by atoms with Crippen LogP contribution in [0.4, 0.5) is 4.39 Å². The van der Waals surface area contributed by atoms with Gasteiger partial charge in [0, 0.05) is 23.3 Å². The van der Waals surface area contributed by atoms with Crippen LogP contribution in [0, 0.1) is 11.7 Å². The maximum absolute atomic E-state index is 13.1. The highest BCUT2D eigenvalue weighted by molar-refractivity contribution is 7.99. The Bertz CT molecular complexity index is 727. The van der Waals surface area contributed by atoms with Crippen molar-refractivity contribution in [2.24, 2.45) is 5.92 Å². The van der Waals surface area contributed by atoms with Crippen LogP contribution in [0.3, 0.4) is 0 Å². The molecule has 7 heteroatoms. The van der Waals surface area contributed by atoms with Gasteiger partial charge < -0.3 is 10.0 Å². The van der Waals surface area contributed by atoms with Crippen molar-refractivity contribution in [3.05, 3.63) is 46.8 Å². The molecule has 1 aliphatic heterocycles. The average molecular weight is 365 g/mol. The van der Waals surface area contributed by atoms with E-state index in [1.165, 1.54) is 36.0 Å². The fourth-order valence-corrected chi connectivity index (χ4v) is 3.77. The van der Waals surface area contributed by atoms with Crippen LogP contribution < -0.4 is 0 Å². The molecule has 1 aliphatic rings. The van der Waals surface area contributed by atoms with Crippen LogP contribution in [0.1, 0.15) is 30.6 Å². The second kappa shape index (κ2) is 7.82. The molecule has 0 saturated carbocycles. The van der Waals surface area contributed by atoms with Crippen LogP contribution in [0.5, 0.6) is 0 Å². The molecule has 0 fully saturated rings. The molecule has 1 aromatic carbocycles. The van der Waals surface area contributed by atoms with Crippen molar-refractivity contribution < 1.29 is 23.9 Å². The molecule has 0 aliphatic carbocycles. The minimum atomic E-state index is -1.17. The summed E-state index contributed by atoms with van der Waals surface area (Å²) >= 11 is 1.31. The van der Waals surface area contributed by atoms with Crippen LogP contribution in [-0.2, 0) is 9.59 Å². The maximum Gasteiger partial charge on any atom is 0.308 e. The Balaban J connectivity index is 2.51. The summed E-state index contributed by atoms with van der Waals surface area (Å²) < 4.78 is 13.1. The number of halogens is 1. The van der Waals surface area contributed by atoms with Gasteiger partial charge in [-0.3, -0.25) is 14.4 Å². The molecule has 0 bridgehead atoms. The molecular formula is C18H20FNO4S. The smallest absolute Gasteiger partial charge is 0.308 e. The molecule has 5 nitrogen and oxygen atoms in total. The number of carbonyl (C=O) groups excluding carboxylic acids is 2. The Labute approximate surface area is 149 Å². The van der Waals surface area contributed by atoms with E-state index in [1.54, 1.807) is 11.2 Å². The van der Waals surface area contributed by atoms with Gasteiger partial charge in [0.25, 0.3) is 5.91 Å². The molecule has 1 atom stereocenters. The summed E-state index contributed by atoms with van der Waals surface area (Å²) in [4.78, 5) is 38.4. The molecule has 25 heavy (non-hydrogen) atoms. The van der Waals surface area contributed by atoms with E-state index in [9.17, 15) is 18.8 Å². The first-order valence-corrected chi connectivity index (χ1v) is 9.13. The van der Waals surface area contributed by atoms with Crippen molar-refractivity contribution in [1.29, 1.82) is 0 Å². The molecular weight excluding hydrogens is 345 g/mol. The number of thioether (sulfide) groups is 1. The number of amides is 1. The largest absolute Gasteiger partial charge is 0.481 e. The number of aliphatic carboxylic acids is 1. The van der Waals surface area contributed by atoms with Gasteiger partial charge in [-0.1, -0.05) is 13.8 Å². The Morgan fingerprint density at radius 2 is 1.88 bits per heavy atom. The number of hydrogen-bond donors (Lipinski definition) is 1. The van der Waals surface area contributed by atoms with E-state index in [4.69, 9.17) is 5.11 Å². The third-order valence-electron chi connectivity index (χ3n) is 3.84. The minimum absolute atomic E-state index is 0.0156. The Kier molecular flexibility index (Phi) is 6.00.